The van der Waals surface area contributed by atoms with E-state index in [2.05, 4.69) is 0 Å². The number of aliphatic hydroxyl groups excluding tert-OH is 1. The first kappa shape index (κ1) is 15.7. The zero-order valence-corrected chi connectivity index (χ0v) is 12.3. The van der Waals surface area contributed by atoms with Gasteiger partial charge in [-0.15, -0.1) is 0 Å². The van der Waals surface area contributed by atoms with Crippen molar-refractivity contribution < 1.29 is 18.4 Å². The number of hydrogen-bond donors (Lipinski definition) is 2. The molecule has 0 radical (unpaired) electrons. The van der Waals surface area contributed by atoms with Crippen molar-refractivity contribution in [3.05, 3.63) is 28.3 Å². The number of sulfonamides is 1. The predicted octanol–water partition coefficient (Wildman–Crippen LogP) is 0.568. The van der Waals surface area contributed by atoms with E-state index in [0.29, 0.717) is 6.42 Å². The Morgan fingerprint density at radius 2 is 2.19 bits per heavy atom. The van der Waals surface area contributed by atoms with E-state index in [0.717, 1.165) is 16.4 Å². The molecular formula is C12H17N3O5S. The second kappa shape index (κ2) is 5.58. The molecule has 1 aliphatic rings. The van der Waals surface area contributed by atoms with Gasteiger partial charge in [-0.05, 0) is 24.5 Å². The fourth-order valence-electron chi connectivity index (χ4n) is 2.56. The average molecular weight is 315 g/mol. The van der Waals surface area contributed by atoms with Gasteiger partial charge in [-0.3, -0.25) is 10.1 Å². The first-order valence-electron chi connectivity index (χ1n) is 6.45. The van der Waals surface area contributed by atoms with E-state index in [1.807, 2.05) is 6.92 Å². The summed E-state index contributed by atoms with van der Waals surface area (Å²) in [5.74, 6) is -0.00221. The van der Waals surface area contributed by atoms with Crippen LogP contribution in [0.4, 0.5) is 11.4 Å². The predicted molar refractivity (Wildman–Crippen MR) is 76.1 cm³/mol. The van der Waals surface area contributed by atoms with Crippen LogP contribution in [0.1, 0.15) is 13.3 Å². The van der Waals surface area contributed by atoms with Crippen molar-refractivity contribution in [1.82, 2.24) is 4.31 Å². The minimum atomic E-state index is -4.05. The molecule has 3 N–H and O–H groups in total. The SMILES string of the molecule is CC1CCN(S(=O)(=O)c2ccc(N)cc2[N+](=O)[O-])C1CO. The molecule has 1 fully saturated rings. The monoisotopic (exact) mass is 315 g/mol. The van der Waals surface area contributed by atoms with Crippen molar-refractivity contribution in [2.75, 3.05) is 18.9 Å². The third-order valence-electron chi connectivity index (χ3n) is 3.78. The van der Waals surface area contributed by atoms with Crippen LogP contribution in [0, 0.1) is 16.0 Å². The van der Waals surface area contributed by atoms with Crippen molar-refractivity contribution in [3.63, 3.8) is 0 Å². The topological polar surface area (TPSA) is 127 Å². The standard InChI is InChI=1S/C12H17N3O5S/c1-8-4-5-14(11(8)7-16)21(19,20)12-3-2-9(13)6-10(12)15(17)18/h2-3,6,8,11,16H,4-5,7,13H2,1H3. The summed E-state index contributed by atoms with van der Waals surface area (Å²) in [7, 11) is -4.05. The summed E-state index contributed by atoms with van der Waals surface area (Å²) in [6.07, 6.45) is 0.604. The van der Waals surface area contributed by atoms with Crippen LogP contribution in [0.15, 0.2) is 23.1 Å². The zero-order chi connectivity index (χ0) is 15.8. The second-order valence-corrected chi connectivity index (χ2v) is 6.97. The molecule has 0 aromatic heterocycles. The van der Waals surface area contributed by atoms with Crippen molar-refractivity contribution in [2.45, 2.75) is 24.3 Å². The van der Waals surface area contributed by atoms with Crippen molar-refractivity contribution in [3.8, 4) is 0 Å². The van der Waals surface area contributed by atoms with Gasteiger partial charge in [0, 0.05) is 18.3 Å². The van der Waals surface area contributed by atoms with Gasteiger partial charge >= 0.3 is 0 Å². The first-order chi connectivity index (χ1) is 9.78. The van der Waals surface area contributed by atoms with Gasteiger partial charge in [0.2, 0.25) is 10.0 Å². The van der Waals surface area contributed by atoms with Crippen LogP contribution in [-0.4, -0.2) is 41.9 Å². The molecule has 2 unspecified atom stereocenters. The lowest BCUT2D eigenvalue weighted by atomic mass is 10.0. The number of nitrogen functional groups attached to an aromatic ring is 1. The summed E-state index contributed by atoms with van der Waals surface area (Å²) in [4.78, 5) is 9.91. The van der Waals surface area contributed by atoms with E-state index in [1.54, 1.807) is 0 Å². The third-order valence-corrected chi connectivity index (χ3v) is 5.76. The number of nitrogens with zero attached hydrogens (tertiary/aromatic N) is 2. The van der Waals surface area contributed by atoms with E-state index < -0.39 is 31.6 Å². The smallest absolute Gasteiger partial charge is 0.291 e. The molecule has 0 spiro atoms. The maximum absolute atomic E-state index is 12.7. The largest absolute Gasteiger partial charge is 0.399 e. The fraction of sp³-hybridized carbons (Fsp3) is 0.500. The van der Waals surface area contributed by atoms with Gasteiger partial charge in [0.15, 0.2) is 4.90 Å². The van der Waals surface area contributed by atoms with E-state index in [1.165, 1.54) is 6.07 Å². The summed E-state index contributed by atoms with van der Waals surface area (Å²) in [6, 6.07) is 2.92. The van der Waals surface area contributed by atoms with Gasteiger partial charge in [0.25, 0.3) is 5.69 Å². The molecule has 8 nitrogen and oxygen atoms in total. The Morgan fingerprint density at radius 1 is 1.52 bits per heavy atom. The summed E-state index contributed by atoms with van der Waals surface area (Å²) in [5.41, 5.74) is 5.05. The molecule has 1 aliphatic heterocycles. The molecule has 2 atom stereocenters. The maximum Gasteiger partial charge on any atom is 0.291 e. The van der Waals surface area contributed by atoms with Crippen LogP contribution in [0.3, 0.4) is 0 Å². The van der Waals surface area contributed by atoms with Crippen molar-refractivity contribution in [2.24, 2.45) is 5.92 Å². The average Bonchev–Trinajstić information content (AvgIpc) is 2.80. The van der Waals surface area contributed by atoms with Gasteiger partial charge in [0.05, 0.1) is 17.6 Å². The molecule has 0 aliphatic carbocycles. The van der Waals surface area contributed by atoms with Crippen LogP contribution >= 0.6 is 0 Å². The highest BCUT2D eigenvalue weighted by Gasteiger charge is 2.41. The minimum Gasteiger partial charge on any atom is -0.399 e. The van der Waals surface area contributed by atoms with E-state index in [-0.39, 0.29) is 24.8 Å². The van der Waals surface area contributed by atoms with Crippen LogP contribution in [-0.2, 0) is 10.0 Å². The van der Waals surface area contributed by atoms with Crippen LogP contribution in [0.2, 0.25) is 0 Å². The molecule has 0 bridgehead atoms. The van der Waals surface area contributed by atoms with E-state index >= 15 is 0 Å². The summed E-state index contributed by atoms with van der Waals surface area (Å²) >= 11 is 0. The second-order valence-electron chi connectivity index (χ2n) is 5.12. The summed E-state index contributed by atoms with van der Waals surface area (Å²) in [5, 5.41) is 20.4. The lowest BCUT2D eigenvalue weighted by Crippen LogP contribution is -2.40. The Hall–Kier alpha value is -1.71. The highest BCUT2D eigenvalue weighted by molar-refractivity contribution is 7.89. The molecule has 2 rings (SSSR count). The van der Waals surface area contributed by atoms with Gasteiger partial charge in [0.1, 0.15) is 0 Å². The Balaban J connectivity index is 2.52. The normalized spacial score (nSPS) is 23.3. The molecule has 1 heterocycles. The number of hydrogen-bond acceptors (Lipinski definition) is 6. The minimum absolute atomic E-state index is 0.00221. The van der Waals surface area contributed by atoms with Crippen LogP contribution in [0.5, 0.6) is 0 Å². The van der Waals surface area contributed by atoms with Crippen LogP contribution < -0.4 is 5.73 Å². The van der Waals surface area contributed by atoms with Gasteiger partial charge in [-0.1, -0.05) is 6.92 Å². The van der Waals surface area contributed by atoms with E-state index in [4.69, 9.17) is 5.73 Å². The summed E-state index contributed by atoms with van der Waals surface area (Å²) < 4.78 is 26.4. The Kier molecular flexibility index (Phi) is 4.17. The third kappa shape index (κ3) is 2.71. The maximum atomic E-state index is 12.7. The number of rotatable bonds is 4. The molecule has 9 heteroatoms. The number of aliphatic hydroxyl groups is 1. The highest BCUT2D eigenvalue weighted by atomic mass is 32.2. The van der Waals surface area contributed by atoms with Crippen molar-refractivity contribution >= 4 is 21.4 Å². The number of nitro groups is 1. The fourth-order valence-corrected chi connectivity index (χ4v) is 4.43. The van der Waals surface area contributed by atoms with Gasteiger partial charge in [-0.25, -0.2) is 8.42 Å². The molecule has 116 valence electrons. The van der Waals surface area contributed by atoms with Crippen molar-refractivity contribution in [1.29, 1.82) is 0 Å². The molecule has 1 aromatic carbocycles. The van der Waals surface area contributed by atoms with Crippen LogP contribution in [0.25, 0.3) is 0 Å². The van der Waals surface area contributed by atoms with Gasteiger partial charge in [-0.2, -0.15) is 4.31 Å². The Morgan fingerprint density at radius 3 is 2.76 bits per heavy atom. The number of nitro benzene ring substituents is 1. The lowest BCUT2D eigenvalue weighted by Gasteiger charge is -2.24. The first-order valence-corrected chi connectivity index (χ1v) is 7.89. The number of nitrogens with two attached hydrogens (primary N) is 1. The summed E-state index contributed by atoms with van der Waals surface area (Å²) in [6.45, 7) is 1.76. The Bertz CT molecular complexity index is 661. The Labute approximate surface area is 122 Å². The molecular weight excluding hydrogens is 298 g/mol. The molecule has 0 amide bonds. The number of anilines is 1. The lowest BCUT2D eigenvalue weighted by molar-refractivity contribution is -0.387. The number of benzene rings is 1. The van der Waals surface area contributed by atoms with E-state index in [9.17, 15) is 23.6 Å². The molecule has 1 saturated heterocycles. The van der Waals surface area contributed by atoms with Gasteiger partial charge < -0.3 is 10.8 Å². The highest BCUT2D eigenvalue weighted by Crippen LogP contribution is 2.34. The zero-order valence-electron chi connectivity index (χ0n) is 11.5. The quantitative estimate of drug-likeness (QED) is 0.475. The molecule has 1 aromatic rings. The molecule has 21 heavy (non-hydrogen) atoms. The molecule has 0 saturated carbocycles.